The van der Waals surface area contributed by atoms with E-state index in [9.17, 15) is 13.2 Å². The number of nitrogens with zero attached hydrogens (tertiary/aromatic N) is 3. The van der Waals surface area contributed by atoms with Gasteiger partial charge in [-0.1, -0.05) is 18.2 Å². The molecule has 1 aliphatic rings. The molecule has 33 heavy (non-hydrogen) atoms. The fourth-order valence-corrected chi connectivity index (χ4v) is 5.48. The number of ether oxygens (including phenoxy) is 1. The van der Waals surface area contributed by atoms with Crippen molar-refractivity contribution in [3.8, 4) is 5.69 Å². The van der Waals surface area contributed by atoms with E-state index in [1.54, 1.807) is 23.0 Å². The van der Waals surface area contributed by atoms with Crippen molar-refractivity contribution in [1.82, 2.24) is 19.4 Å². The number of carbonyl (C=O) groups excluding carboxylic acids is 1. The molecule has 0 bridgehead atoms. The predicted molar refractivity (Wildman–Crippen MR) is 125 cm³/mol. The van der Waals surface area contributed by atoms with E-state index in [1.165, 1.54) is 16.4 Å². The fourth-order valence-electron chi connectivity index (χ4n) is 3.89. The number of carbonyl (C=O) groups is 1. The maximum atomic E-state index is 13.0. The van der Waals surface area contributed by atoms with Crippen LogP contribution in [0.15, 0.2) is 71.9 Å². The molecule has 0 unspecified atom stereocenters. The van der Waals surface area contributed by atoms with Gasteiger partial charge in [0.2, 0.25) is 10.0 Å². The molecule has 4 rings (SSSR count). The van der Waals surface area contributed by atoms with Crippen molar-refractivity contribution in [3.63, 3.8) is 0 Å². The van der Waals surface area contributed by atoms with Crippen LogP contribution in [0, 0.1) is 0 Å². The van der Waals surface area contributed by atoms with Gasteiger partial charge in [0.1, 0.15) is 0 Å². The summed E-state index contributed by atoms with van der Waals surface area (Å²) < 4.78 is 34.8. The Hall–Kier alpha value is -3.01. The lowest BCUT2D eigenvalue weighted by atomic mass is 10.2. The summed E-state index contributed by atoms with van der Waals surface area (Å²) in [4.78, 5) is 12.7. The summed E-state index contributed by atoms with van der Waals surface area (Å²) in [5, 5.41) is 7.24. The summed E-state index contributed by atoms with van der Waals surface area (Å²) in [6, 6.07) is 15.9. The molecule has 2 heterocycles. The van der Waals surface area contributed by atoms with Crippen molar-refractivity contribution in [2.45, 2.75) is 37.4 Å². The van der Waals surface area contributed by atoms with Crippen LogP contribution in [0.1, 0.15) is 29.8 Å². The van der Waals surface area contributed by atoms with E-state index in [1.807, 2.05) is 50.4 Å². The van der Waals surface area contributed by atoms with Crippen LogP contribution < -0.4 is 5.32 Å². The number of benzene rings is 2. The number of morpholine rings is 1. The third-order valence-electron chi connectivity index (χ3n) is 5.50. The zero-order valence-electron chi connectivity index (χ0n) is 18.7. The van der Waals surface area contributed by atoms with Crippen LogP contribution in [-0.2, 0) is 21.2 Å². The SMILES string of the molecule is C[C@@H]1CN(S(=O)(=O)c2ccc(C(=O)NCCc3cnn(-c4ccccc4)c3)cc2)C[C@@H](C)O1. The van der Waals surface area contributed by atoms with E-state index in [4.69, 9.17) is 4.74 Å². The molecule has 3 aromatic rings. The standard InChI is InChI=1S/C24H28N4O4S/c1-18-15-27(16-19(2)32-18)33(30,31)23-10-8-21(9-11-23)24(29)25-13-12-20-14-26-28(17-20)22-6-4-3-5-7-22/h3-11,14,17-19H,12-13,15-16H2,1-2H3,(H,25,29)/t18-,19-/m1/s1. The van der Waals surface area contributed by atoms with Crippen LogP contribution in [0.3, 0.4) is 0 Å². The average molecular weight is 469 g/mol. The highest BCUT2D eigenvalue weighted by atomic mass is 32.2. The summed E-state index contributed by atoms with van der Waals surface area (Å²) >= 11 is 0. The largest absolute Gasteiger partial charge is 0.373 e. The van der Waals surface area contributed by atoms with Crippen molar-refractivity contribution in [3.05, 3.63) is 78.1 Å². The van der Waals surface area contributed by atoms with Gasteiger partial charge >= 0.3 is 0 Å². The summed E-state index contributed by atoms with van der Waals surface area (Å²) in [7, 11) is -3.63. The number of sulfonamides is 1. The summed E-state index contributed by atoms with van der Waals surface area (Å²) in [6.07, 6.45) is 4.04. The van der Waals surface area contributed by atoms with Crippen LogP contribution in [0.2, 0.25) is 0 Å². The van der Waals surface area contributed by atoms with Crippen LogP contribution in [0.5, 0.6) is 0 Å². The first-order valence-corrected chi connectivity index (χ1v) is 12.4. The minimum atomic E-state index is -3.63. The number of amides is 1. The molecule has 2 aromatic carbocycles. The zero-order chi connectivity index (χ0) is 23.4. The number of para-hydroxylation sites is 1. The Kier molecular flexibility index (Phi) is 6.92. The minimum Gasteiger partial charge on any atom is -0.373 e. The molecule has 1 saturated heterocycles. The Morgan fingerprint density at radius 1 is 1.06 bits per heavy atom. The van der Waals surface area contributed by atoms with Gasteiger partial charge in [-0.3, -0.25) is 4.79 Å². The highest BCUT2D eigenvalue weighted by Gasteiger charge is 2.32. The molecule has 0 aliphatic carbocycles. The van der Waals surface area contributed by atoms with Gasteiger partial charge in [-0.15, -0.1) is 0 Å². The molecule has 174 valence electrons. The second kappa shape index (κ2) is 9.86. The first-order chi connectivity index (χ1) is 15.8. The number of hydrogen-bond donors (Lipinski definition) is 1. The van der Waals surface area contributed by atoms with E-state index in [2.05, 4.69) is 10.4 Å². The van der Waals surface area contributed by atoms with Crippen molar-refractivity contribution in [2.75, 3.05) is 19.6 Å². The second-order valence-corrected chi connectivity index (χ2v) is 10.2. The number of hydrogen-bond acceptors (Lipinski definition) is 5. The first kappa shape index (κ1) is 23.2. The Morgan fingerprint density at radius 2 is 1.73 bits per heavy atom. The predicted octanol–water partition coefficient (Wildman–Crippen LogP) is 2.64. The molecule has 0 saturated carbocycles. The van der Waals surface area contributed by atoms with Gasteiger partial charge in [0, 0.05) is 31.4 Å². The van der Waals surface area contributed by atoms with E-state index < -0.39 is 10.0 Å². The summed E-state index contributed by atoms with van der Waals surface area (Å²) in [5.41, 5.74) is 2.40. The Balaban J connectivity index is 1.33. The van der Waals surface area contributed by atoms with Gasteiger partial charge < -0.3 is 10.1 Å². The first-order valence-electron chi connectivity index (χ1n) is 11.0. The normalized spacial score (nSPS) is 19.3. The molecule has 1 aromatic heterocycles. The van der Waals surface area contributed by atoms with E-state index in [0.29, 0.717) is 31.6 Å². The number of nitrogens with one attached hydrogen (secondary N) is 1. The van der Waals surface area contributed by atoms with Gasteiger partial charge in [-0.25, -0.2) is 13.1 Å². The van der Waals surface area contributed by atoms with Crippen LogP contribution >= 0.6 is 0 Å². The Bertz CT molecular complexity index is 1180. The summed E-state index contributed by atoms with van der Waals surface area (Å²) in [6.45, 7) is 4.80. The van der Waals surface area contributed by atoms with Gasteiger partial charge in [0.05, 0.1) is 29.0 Å². The zero-order valence-corrected chi connectivity index (χ0v) is 19.5. The highest BCUT2D eigenvalue weighted by Crippen LogP contribution is 2.21. The highest BCUT2D eigenvalue weighted by molar-refractivity contribution is 7.89. The van der Waals surface area contributed by atoms with Gasteiger partial charge in [0.25, 0.3) is 5.91 Å². The Morgan fingerprint density at radius 3 is 2.39 bits per heavy atom. The lowest BCUT2D eigenvalue weighted by Crippen LogP contribution is -2.48. The van der Waals surface area contributed by atoms with Gasteiger partial charge in [-0.2, -0.15) is 9.40 Å². The maximum Gasteiger partial charge on any atom is 0.251 e. The molecule has 1 N–H and O–H groups in total. The summed E-state index contributed by atoms with van der Waals surface area (Å²) in [5.74, 6) is -0.247. The number of rotatable bonds is 7. The molecule has 8 nitrogen and oxygen atoms in total. The third-order valence-corrected chi connectivity index (χ3v) is 7.34. The van der Waals surface area contributed by atoms with Crippen LogP contribution in [0.25, 0.3) is 5.69 Å². The molecule has 1 fully saturated rings. The minimum absolute atomic E-state index is 0.159. The van der Waals surface area contributed by atoms with Crippen LogP contribution in [-0.4, -0.2) is 60.3 Å². The molecular formula is C24H28N4O4S. The molecule has 1 amide bonds. The van der Waals surface area contributed by atoms with Gasteiger partial charge in [-0.05, 0) is 62.2 Å². The van der Waals surface area contributed by atoms with E-state index >= 15 is 0 Å². The molecule has 1 aliphatic heterocycles. The lowest BCUT2D eigenvalue weighted by Gasteiger charge is -2.34. The Labute approximate surface area is 194 Å². The molecule has 0 spiro atoms. The molecule has 2 atom stereocenters. The maximum absolute atomic E-state index is 13.0. The third kappa shape index (κ3) is 5.50. The molecule has 9 heteroatoms. The van der Waals surface area contributed by atoms with Crippen molar-refractivity contribution < 1.29 is 17.9 Å². The molecular weight excluding hydrogens is 440 g/mol. The second-order valence-electron chi connectivity index (χ2n) is 8.24. The average Bonchev–Trinajstić information content (AvgIpc) is 3.28. The quantitative estimate of drug-likeness (QED) is 0.575. The van der Waals surface area contributed by atoms with Crippen molar-refractivity contribution in [2.24, 2.45) is 0 Å². The van der Waals surface area contributed by atoms with E-state index in [0.717, 1.165) is 11.3 Å². The fraction of sp³-hybridized carbons (Fsp3) is 0.333. The van der Waals surface area contributed by atoms with E-state index in [-0.39, 0.29) is 23.0 Å². The topological polar surface area (TPSA) is 93.5 Å². The van der Waals surface area contributed by atoms with Crippen molar-refractivity contribution in [1.29, 1.82) is 0 Å². The number of aromatic nitrogens is 2. The van der Waals surface area contributed by atoms with Crippen molar-refractivity contribution >= 4 is 15.9 Å². The van der Waals surface area contributed by atoms with Crippen LogP contribution in [0.4, 0.5) is 0 Å². The monoisotopic (exact) mass is 468 g/mol. The molecule has 0 radical (unpaired) electrons. The smallest absolute Gasteiger partial charge is 0.251 e. The lowest BCUT2D eigenvalue weighted by molar-refractivity contribution is -0.0440. The van der Waals surface area contributed by atoms with Gasteiger partial charge in [0.15, 0.2) is 0 Å².